The molecule has 0 spiro atoms. The zero-order valence-corrected chi connectivity index (χ0v) is 9.35. The van der Waals surface area contributed by atoms with Gasteiger partial charge in [-0.1, -0.05) is 0 Å². The van der Waals surface area contributed by atoms with Gasteiger partial charge < -0.3 is 5.11 Å². The Morgan fingerprint density at radius 2 is 1.87 bits per heavy atom. The normalized spacial score (nSPS) is 10.3. The summed E-state index contributed by atoms with van der Waals surface area (Å²) in [6.07, 6.45) is 6.59. The van der Waals surface area contributed by atoms with Gasteiger partial charge in [-0.3, -0.25) is 4.98 Å². The van der Waals surface area contributed by atoms with E-state index in [1.165, 1.54) is 0 Å². The van der Waals surface area contributed by atoms with E-state index >= 15 is 0 Å². The number of rotatable bonds is 2. The van der Waals surface area contributed by atoms with Crippen LogP contribution in [0.5, 0.6) is 0 Å². The van der Waals surface area contributed by atoms with Crippen LogP contribution in [-0.2, 0) is 6.61 Å². The average molecular weight is 266 g/mol. The third-order valence-electron chi connectivity index (χ3n) is 1.85. The second-order valence-corrected chi connectivity index (χ2v) is 3.88. The van der Waals surface area contributed by atoms with Crippen molar-refractivity contribution in [1.29, 1.82) is 0 Å². The molecule has 0 unspecified atom stereocenters. The maximum absolute atomic E-state index is 8.84. The maximum atomic E-state index is 8.84. The number of pyridine rings is 1. The monoisotopic (exact) mass is 265 g/mol. The molecular weight excluding hydrogens is 258 g/mol. The average Bonchev–Trinajstić information content (AvgIpc) is 2.29. The third-order valence-corrected chi connectivity index (χ3v) is 2.28. The van der Waals surface area contributed by atoms with Crippen molar-refractivity contribution in [3.63, 3.8) is 0 Å². The Bertz CT molecular complexity index is 458. The standard InChI is InChI=1S/C10H8BrN3O/c11-9-1-8(4-12-5-9)10-13-2-7(6-15)3-14-10/h1-5,15H,6H2. The zero-order chi connectivity index (χ0) is 10.7. The van der Waals surface area contributed by atoms with Crippen LogP contribution in [0.1, 0.15) is 5.56 Å². The number of aromatic nitrogens is 3. The van der Waals surface area contributed by atoms with Crippen LogP contribution in [0.2, 0.25) is 0 Å². The van der Waals surface area contributed by atoms with E-state index in [4.69, 9.17) is 5.11 Å². The summed E-state index contributed by atoms with van der Waals surface area (Å²) >= 11 is 3.33. The summed E-state index contributed by atoms with van der Waals surface area (Å²) in [6, 6.07) is 1.89. The van der Waals surface area contributed by atoms with Gasteiger partial charge in [0.1, 0.15) is 0 Å². The van der Waals surface area contributed by atoms with E-state index in [-0.39, 0.29) is 6.61 Å². The van der Waals surface area contributed by atoms with Crippen LogP contribution in [-0.4, -0.2) is 20.1 Å². The lowest BCUT2D eigenvalue weighted by Gasteiger charge is -2.00. The molecule has 4 nitrogen and oxygen atoms in total. The van der Waals surface area contributed by atoms with Crippen molar-refractivity contribution in [2.75, 3.05) is 0 Å². The van der Waals surface area contributed by atoms with E-state index in [0.717, 1.165) is 10.0 Å². The van der Waals surface area contributed by atoms with Crippen LogP contribution in [0, 0.1) is 0 Å². The summed E-state index contributed by atoms with van der Waals surface area (Å²) in [6.45, 7) is -0.0446. The highest BCUT2D eigenvalue weighted by molar-refractivity contribution is 9.10. The Morgan fingerprint density at radius 1 is 1.13 bits per heavy atom. The highest BCUT2D eigenvalue weighted by atomic mass is 79.9. The molecule has 0 saturated heterocycles. The Labute approximate surface area is 95.2 Å². The molecule has 5 heteroatoms. The third kappa shape index (κ3) is 2.37. The largest absolute Gasteiger partial charge is 0.392 e. The highest BCUT2D eigenvalue weighted by Gasteiger charge is 2.01. The molecule has 0 radical (unpaired) electrons. The molecule has 0 bridgehead atoms. The van der Waals surface area contributed by atoms with Gasteiger partial charge in [-0.15, -0.1) is 0 Å². The minimum absolute atomic E-state index is 0.0446. The van der Waals surface area contributed by atoms with Crippen molar-refractivity contribution in [1.82, 2.24) is 15.0 Å². The van der Waals surface area contributed by atoms with Gasteiger partial charge in [-0.2, -0.15) is 0 Å². The van der Waals surface area contributed by atoms with Gasteiger partial charge in [0.2, 0.25) is 0 Å². The van der Waals surface area contributed by atoms with Crippen molar-refractivity contribution in [2.45, 2.75) is 6.61 Å². The number of hydrogen-bond acceptors (Lipinski definition) is 4. The van der Waals surface area contributed by atoms with Gasteiger partial charge in [-0.05, 0) is 22.0 Å². The Hall–Kier alpha value is -1.33. The van der Waals surface area contributed by atoms with Crippen molar-refractivity contribution in [2.24, 2.45) is 0 Å². The van der Waals surface area contributed by atoms with E-state index < -0.39 is 0 Å². The van der Waals surface area contributed by atoms with Gasteiger partial charge in [0.25, 0.3) is 0 Å². The quantitative estimate of drug-likeness (QED) is 0.900. The van der Waals surface area contributed by atoms with Crippen LogP contribution < -0.4 is 0 Å². The summed E-state index contributed by atoms with van der Waals surface area (Å²) in [5, 5.41) is 8.84. The van der Waals surface area contributed by atoms with Crippen LogP contribution in [0.3, 0.4) is 0 Å². The number of nitrogens with zero attached hydrogens (tertiary/aromatic N) is 3. The topological polar surface area (TPSA) is 58.9 Å². The molecule has 0 aromatic carbocycles. The van der Waals surface area contributed by atoms with Gasteiger partial charge >= 0.3 is 0 Å². The predicted molar refractivity (Wildman–Crippen MR) is 58.9 cm³/mol. The number of aliphatic hydroxyl groups excluding tert-OH is 1. The van der Waals surface area contributed by atoms with E-state index in [2.05, 4.69) is 30.9 Å². The molecule has 2 aromatic heterocycles. The molecular formula is C10H8BrN3O. The first-order valence-corrected chi connectivity index (χ1v) is 5.11. The van der Waals surface area contributed by atoms with Gasteiger partial charge in [0.15, 0.2) is 5.82 Å². The molecule has 0 amide bonds. The van der Waals surface area contributed by atoms with Crippen molar-refractivity contribution >= 4 is 15.9 Å². The highest BCUT2D eigenvalue weighted by Crippen LogP contribution is 2.17. The fourth-order valence-electron chi connectivity index (χ4n) is 1.12. The Balaban J connectivity index is 2.37. The minimum Gasteiger partial charge on any atom is -0.392 e. The van der Waals surface area contributed by atoms with E-state index in [1.807, 2.05) is 6.07 Å². The molecule has 0 fully saturated rings. The number of hydrogen-bond donors (Lipinski definition) is 1. The van der Waals surface area contributed by atoms with Gasteiger partial charge in [-0.25, -0.2) is 9.97 Å². The molecule has 0 aliphatic rings. The van der Waals surface area contributed by atoms with Crippen LogP contribution in [0.15, 0.2) is 35.3 Å². The summed E-state index contributed by atoms with van der Waals surface area (Å²) < 4.78 is 0.884. The first kappa shape index (κ1) is 10.2. The van der Waals surface area contributed by atoms with Crippen LogP contribution >= 0.6 is 15.9 Å². The summed E-state index contributed by atoms with van der Waals surface area (Å²) in [4.78, 5) is 12.3. The fourth-order valence-corrected chi connectivity index (χ4v) is 1.48. The fraction of sp³-hybridized carbons (Fsp3) is 0.100. The lowest BCUT2D eigenvalue weighted by Crippen LogP contribution is -1.92. The Kier molecular flexibility index (Phi) is 3.03. The lowest BCUT2D eigenvalue weighted by atomic mass is 10.2. The first-order chi connectivity index (χ1) is 7.29. The van der Waals surface area contributed by atoms with Gasteiger partial charge in [0, 0.05) is 40.4 Å². The summed E-state index contributed by atoms with van der Waals surface area (Å²) in [7, 11) is 0. The van der Waals surface area contributed by atoms with Crippen molar-refractivity contribution in [3.8, 4) is 11.4 Å². The van der Waals surface area contributed by atoms with E-state index in [9.17, 15) is 0 Å². The number of halogens is 1. The SMILES string of the molecule is OCc1cnc(-c2cncc(Br)c2)nc1. The molecule has 0 atom stereocenters. The van der Waals surface area contributed by atoms with Gasteiger partial charge in [0.05, 0.1) is 6.61 Å². The van der Waals surface area contributed by atoms with Crippen molar-refractivity contribution in [3.05, 3.63) is 40.9 Å². The second-order valence-electron chi connectivity index (χ2n) is 2.96. The smallest absolute Gasteiger partial charge is 0.160 e. The predicted octanol–water partition coefficient (Wildman–Crippen LogP) is 1.79. The summed E-state index contributed by atoms with van der Waals surface area (Å²) in [5.74, 6) is 0.598. The van der Waals surface area contributed by atoms with Crippen LogP contribution in [0.4, 0.5) is 0 Å². The van der Waals surface area contributed by atoms with Crippen LogP contribution in [0.25, 0.3) is 11.4 Å². The van der Waals surface area contributed by atoms with E-state index in [1.54, 1.807) is 24.8 Å². The molecule has 76 valence electrons. The molecule has 2 heterocycles. The maximum Gasteiger partial charge on any atom is 0.160 e. The molecule has 0 aliphatic heterocycles. The zero-order valence-electron chi connectivity index (χ0n) is 7.76. The molecule has 0 aliphatic carbocycles. The molecule has 2 aromatic rings. The van der Waals surface area contributed by atoms with Crippen molar-refractivity contribution < 1.29 is 5.11 Å². The molecule has 1 N–H and O–H groups in total. The number of aliphatic hydroxyl groups is 1. The Morgan fingerprint density at radius 3 is 2.47 bits per heavy atom. The second kappa shape index (κ2) is 4.46. The summed E-state index contributed by atoms with van der Waals surface area (Å²) in [5.41, 5.74) is 1.54. The molecule has 2 rings (SSSR count). The lowest BCUT2D eigenvalue weighted by molar-refractivity contribution is 0.281. The first-order valence-electron chi connectivity index (χ1n) is 4.32. The molecule has 15 heavy (non-hydrogen) atoms. The molecule has 0 saturated carbocycles. The van der Waals surface area contributed by atoms with E-state index in [0.29, 0.717) is 11.4 Å². The minimum atomic E-state index is -0.0446.